The Morgan fingerprint density at radius 1 is 1.20 bits per heavy atom. The molecule has 25 heavy (non-hydrogen) atoms. The number of fused-ring (bicyclic) bond motifs is 1. The third-order valence-electron chi connectivity index (χ3n) is 4.63. The second-order valence-electron chi connectivity index (χ2n) is 6.25. The molecule has 1 amide bonds. The SMILES string of the molecule is O=C(c1cc(Cl)ccc1O)N1CCC(c2nc3ccccc3s2)CC1. The van der Waals surface area contributed by atoms with Gasteiger partial charge in [0.2, 0.25) is 0 Å². The molecule has 3 aromatic rings. The third kappa shape index (κ3) is 3.22. The predicted molar refractivity (Wildman–Crippen MR) is 101 cm³/mol. The van der Waals surface area contributed by atoms with Crippen molar-refractivity contribution in [3.63, 3.8) is 0 Å². The second-order valence-corrected chi connectivity index (χ2v) is 7.75. The highest BCUT2D eigenvalue weighted by atomic mass is 35.5. The van der Waals surface area contributed by atoms with Crippen molar-refractivity contribution in [2.45, 2.75) is 18.8 Å². The molecule has 1 fully saturated rings. The van der Waals surface area contributed by atoms with Crippen molar-refractivity contribution >= 4 is 39.1 Å². The molecule has 128 valence electrons. The van der Waals surface area contributed by atoms with Gasteiger partial charge in [-0.15, -0.1) is 11.3 Å². The van der Waals surface area contributed by atoms with Crippen LogP contribution in [0, 0.1) is 0 Å². The van der Waals surface area contributed by atoms with E-state index in [0.717, 1.165) is 23.4 Å². The zero-order valence-corrected chi connectivity index (χ0v) is 15.1. The maximum atomic E-state index is 12.7. The van der Waals surface area contributed by atoms with Gasteiger partial charge in [-0.25, -0.2) is 4.98 Å². The first-order valence-electron chi connectivity index (χ1n) is 8.25. The van der Waals surface area contributed by atoms with Crippen LogP contribution in [-0.4, -0.2) is 34.0 Å². The van der Waals surface area contributed by atoms with Gasteiger partial charge < -0.3 is 10.0 Å². The van der Waals surface area contributed by atoms with E-state index in [2.05, 4.69) is 6.07 Å². The van der Waals surface area contributed by atoms with E-state index in [0.29, 0.717) is 24.0 Å². The molecule has 0 bridgehead atoms. The molecule has 0 spiro atoms. The molecule has 4 rings (SSSR count). The summed E-state index contributed by atoms with van der Waals surface area (Å²) in [5.74, 6) is 0.194. The lowest BCUT2D eigenvalue weighted by Gasteiger charge is -2.31. The highest BCUT2D eigenvalue weighted by Gasteiger charge is 2.27. The van der Waals surface area contributed by atoms with Crippen LogP contribution < -0.4 is 0 Å². The predicted octanol–water partition coefficient (Wildman–Crippen LogP) is 4.68. The van der Waals surface area contributed by atoms with Crippen molar-refractivity contribution in [3.05, 3.63) is 58.1 Å². The maximum absolute atomic E-state index is 12.7. The number of hydrogen-bond acceptors (Lipinski definition) is 4. The molecular formula is C19H17ClN2O2S. The number of aromatic nitrogens is 1. The summed E-state index contributed by atoms with van der Waals surface area (Å²) < 4.78 is 1.21. The fourth-order valence-corrected chi connectivity index (χ4v) is 4.55. The number of aromatic hydroxyl groups is 1. The number of carbonyl (C=O) groups is 1. The van der Waals surface area contributed by atoms with Gasteiger partial charge in [-0.05, 0) is 43.2 Å². The molecule has 4 nitrogen and oxygen atoms in total. The molecule has 1 aliphatic rings. The van der Waals surface area contributed by atoms with Gasteiger partial charge in [-0.2, -0.15) is 0 Å². The topological polar surface area (TPSA) is 53.4 Å². The zero-order chi connectivity index (χ0) is 17.4. The maximum Gasteiger partial charge on any atom is 0.257 e. The number of phenols is 1. The van der Waals surface area contributed by atoms with Crippen molar-refractivity contribution in [1.82, 2.24) is 9.88 Å². The molecular weight excluding hydrogens is 356 g/mol. The fraction of sp³-hybridized carbons (Fsp3) is 0.263. The van der Waals surface area contributed by atoms with E-state index in [1.807, 2.05) is 18.2 Å². The van der Waals surface area contributed by atoms with E-state index < -0.39 is 0 Å². The molecule has 6 heteroatoms. The first-order chi connectivity index (χ1) is 12.1. The minimum atomic E-state index is -0.164. The lowest BCUT2D eigenvalue weighted by atomic mass is 9.97. The zero-order valence-electron chi connectivity index (χ0n) is 13.5. The summed E-state index contributed by atoms with van der Waals surface area (Å²) in [7, 11) is 0. The monoisotopic (exact) mass is 372 g/mol. The van der Waals surface area contributed by atoms with Crippen LogP contribution in [0.1, 0.15) is 34.1 Å². The molecule has 0 atom stereocenters. The van der Waals surface area contributed by atoms with Crippen molar-refractivity contribution in [3.8, 4) is 5.75 Å². The first kappa shape index (κ1) is 16.4. The molecule has 0 radical (unpaired) electrons. The van der Waals surface area contributed by atoms with Crippen molar-refractivity contribution in [2.75, 3.05) is 13.1 Å². The summed E-state index contributed by atoms with van der Waals surface area (Å²) in [4.78, 5) is 19.2. The molecule has 0 unspecified atom stereocenters. The molecule has 2 aromatic carbocycles. The molecule has 1 saturated heterocycles. The summed E-state index contributed by atoms with van der Waals surface area (Å²) in [6, 6.07) is 12.7. The Balaban J connectivity index is 1.47. The number of thiazole rings is 1. The van der Waals surface area contributed by atoms with Crippen LogP contribution in [0.2, 0.25) is 5.02 Å². The van der Waals surface area contributed by atoms with Gasteiger partial charge in [-0.1, -0.05) is 23.7 Å². The van der Waals surface area contributed by atoms with Crippen LogP contribution in [0.3, 0.4) is 0 Å². The number of nitrogens with zero attached hydrogens (tertiary/aromatic N) is 2. The average Bonchev–Trinajstić information content (AvgIpc) is 3.07. The number of para-hydroxylation sites is 1. The highest BCUT2D eigenvalue weighted by molar-refractivity contribution is 7.18. The third-order valence-corrected chi connectivity index (χ3v) is 6.06. The van der Waals surface area contributed by atoms with Crippen LogP contribution in [0.25, 0.3) is 10.2 Å². The highest BCUT2D eigenvalue weighted by Crippen LogP contribution is 2.34. The van der Waals surface area contributed by atoms with E-state index in [4.69, 9.17) is 16.6 Å². The van der Waals surface area contributed by atoms with Crippen molar-refractivity contribution in [2.24, 2.45) is 0 Å². The molecule has 1 aromatic heterocycles. The van der Waals surface area contributed by atoms with Crippen LogP contribution >= 0.6 is 22.9 Å². The smallest absolute Gasteiger partial charge is 0.257 e. The minimum absolute atomic E-state index is 0.0253. The number of hydrogen-bond donors (Lipinski definition) is 1. The fourth-order valence-electron chi connectivity index (χ4n) is 3.24. The standard InChI is InChI=1S/C19H17ClN2O2S/c20-13-5-6-16(23)14(11-13)19(24)22-9-7-12(8-10-22)18-21-15-3-1-2-4-17(15)25-18/h1-6,11-12,23H,7-10H2. The van der Waals surface area contributed by atoms with E-state index in [-0.39, 0.29) is 17.2 Å². The number of rotatable bonds is 2. The van der Waals surface area contributed by atoms with Gasteiger partial charge in [-0.3, -0.25) is 4.79 Å². The van der Waals surface area contributed by atoms with Gasteiger partial charge >= 0.3 is 0 Å². The molecule has 0 aliphatic carbocycles. The number of phenolic OH excluding ortho intramolecular Hbond substituents is 1. The normalized spacial score (nSPS) is 15.6. The van der Waals surface area contributed by atoms with E-state index >= 15 is 0 Å². The lowest BCUT2D eigenvalue weighted by molar-refractivity contribution is 0.0710. The van der Waals surface area contributed by atoms with Gasteiger partial charge in [0.1, 0.15) is 5.75 Å². The summed E-state index contributed by atoms with van der Waals surface area (Å²) >= 11 is 7.70. The lowest BCUT2D eigenvalue weighted by Crippen LogP contribution is -2.37. The number of halogens is 1. The van der Waals surface area contributed by atoms with Gasteiger partial charge in [0.15, 0.2) is 0 Å². The van der Waals surface area contributed by atoms with Gasteiger partial charge in [0.05, 0.1) is 20.8 Å². The quantitative estimate of drug-likeness (QED) is 0.710. The Bertz CT molecular complexity index is 899. The number of amides is 1. The van der Waals surface area contributed by atoms with E-state index in [9.17, 15) is 9.90 Å². The van der Waals surface area contributed by atoms with Crippen molar-refractivity contribution < 1.29 is 9.90 Å². The van der Waals surface area contributed by atoms with Crippen LogP contribution in [0.4, 0.5) is 0 Å². The number of benzene rings is 2. The summed E-state index contributed by atoms with van der Waals surface area (Å²) in [5, 5.41) is 11.5. The Labute approximate surface area is 154 Å². The van der Waals surface area contributed by atoms with E-state index in [1.54, 1.807) is 22.3 Å². The second kappa shape index (κ2) is 6.65. The first-order valence-corrected chi connectivity index (χ1v) is 9.44. The number of likely N-dealkylation sites (tertiary alicyclic amines) is 1. The average molecular weight is 373 g/mol. The molecule has 0 saturated carbocycles. The van der Waals surface area contributed by atoms with Crippen LogP contribution in [-0.2, 0) is 0 Å². The van der Waals surface area contributed by atoms with Crippen LogP contribution in [0.15, 0.2) is 42.5 Å². The minimum Gasteiger partial charge on any atom is -0.507 e. The Hall–Kier alpha value is -2.11. The molecule has 2 heterocycles. The number of carbonyl (C=O) groups excluding carboxylic acids is 1. The Kier molecular flexibility index (Phi) is 4.36. The van der Waals surface area contributed by atoms with Crippen molar-refractivity contribution in [1.29, 1.82) is 0 Å². The van der Waals surface area contributed by atoms with Gasteiger partial charge in [0.25, 0.3) is 5.91 Å². The van der Waals surface area contributed by atoms with E-state index in [1.165, 1.54) is 16.8 Å². The largest absolute Gasteiger partial charge is 0.507 e. The van der Waals surface area contributed by atoms with Crippen LogP contribution in [0.5, 0.6) is 5.75 Å². The van der Waals surface area contributed by atoms with Gasteiger partial charge in [0, 0.05) is 24.0 Å². The summed E-state index contributed by atoms with van der Waals surface area (Å²) in [6.07, 6.45) is 1.76. The molecule has 1 aliphatic heterocycles. The molecule has 1 N–H and O–H groups in total. The number of piperidine rings is 1. The Morgan fingerprint density at radius 2 is 1.96 bits per heavy atom. The Morgan fingerprint density at radius 3 is 2.72 bits per heavy atom. The summed E-state index contributed by atoms with van der Waals surface area (Å²) in [6.45, 7) is 1.32. The summed E-state index contributed by atoms with van der Waals surface area (Å²) in [5.41, 5.74) is 1.32.